The highest BCUT2D eigenvalue weighted by Crippen LogP contribution is 1.87. The fraction of sp³-hybridized carbons (Fsp3) is 1.00. The summed E-state index contributed by atoms with van der Waals surface area (Å²) in [6.45, 7) is 1.97. The van der Waals surface area contributed by atoms with Crippen LogP contribution in [0, 0.1) is 0 Å². The number of methoxy groups -OCH3 is 1. The van der Waals surface area contributed by atoms with E-state index in [1.807, 2.05) is 0 Å². The average molecular weight is 179 g/mol. The van der Waals surface area contributed by atoms with Gasteiger partial charge in [-0.05, 0) is 6.26 Å². The Morgan fingerprint density at radius 3 is 2.91 bits per heavy atom. The lowest BCUT2D eigenvalue weighted by Crippen LogP contribution is -2.31. The van der Waals surface area contributed by atoms with Crippen LogP contribution in [0.4, 0.5) is 0 Å². The van der Waals surface area contributed by atoms with E-state index >= 15 is 0 Å². The molecule has 0 saturated carbocycles. The lowest BCUT2D eigenvalue weighted by Gasteiger charge is -2.09. The molecule has 3 nitrogen and oxygen atoms in total. The molecule has 2 N–H and O–H groups in total. The van der Waals surface area contributed by atoms with Crippen LogP contribution in [0.3, 0.4) is 0 Å². The number of ether oxygens (including phenoxy) is 1. The van der Waals surface area contributed by atoms with Crippen molar-refractivity contribution in [1.82, 2.24) is 5.32 Å². The summed E-state index contributed by atoms with van der Waals surface area (Å²) in [4.78, 5) is 0. The summed E-state index contributed by atoms with van der Waals surface area (Å²) in [5.41, 5.74) is 0. The van der Waals surface area contributed by atoms with Crippen LogP contribution < -0.4 is 5.32 Å². The fourth-order valence-electron chi connectivity index (χ4n) is 0.694. The minimum atomic E-state index is -0.373. The van der Waals surface area contributed by atoms with Gasteiger partial charge in [0.25, 0.3) is 0 Å². The van der Waals surface area contributed by atoms with E-state index in [2.05, 4.69) is 11.6 Å². The van der Waals surface area contributed by atoms with Gasteiger partial charge in [0.15, 0.2) is 0 Å². The van der Waals surface area contributed by atoms with E-state index in [4.69, 9.17) is 9.84 Å². The zero-order valence-electron chi connectivity index (χ0n) is 7.17. The second-order valence-electron chi connectivity index (χ2n) is 2.31. The number of aliphatic hydroxyl groups excluding tert-OH is 1. The second kappa shape index (κ2) is 8.33. The first-order valence-corrected chi connectivity index (χ1v) is 5.07. The van der Waals surface area contributed by atoms with Gasteiger partial charge in [0.2, 0.25) is 0 Å². The first-order chi connectivity index (χ1) is 5.31. The summed E-state index contributed by atoms with van der Waals surface area (Å²) in [7, 11) is 1.59. The third kappa shape index (κ3) is 8.13. The molecule has 0 saturated heterocycles. The monoisotopic (exact) mass is 179 g/mol. The van der Waals surface area contributed by atoms with Crippen LogP contribution in [0.25, 0.3) is 0 Å². The molecular formula is C7H17NO2S. The van der Waals surface area contributed by atoms with E-state index < -0.39 is 0 Å². The molecule has 0 amide bonds. The lowest BCUT2D eigenvalue weighted by atomic mass is 10.4. The maximum absolute atomic E-state index is 9.15. The second-order valence-corrected chi connectivity index (χ2v) is 3.29. The van der Waals surface area contributed by atoms with Gasteiger partial charge in [-0.3, -0.25) is 0 Å². The minimum absolute atomic E-state index is 0.373. The molecule has 1 unspecified atom stereocenters. The zero-order valence-corrected chi connectivity index (χ0v) is 7.99. The molecule has 0 heterocycles. The quantitative estimate of drug-likeness (QED) is 0.538. The number of aliphatic hydroxyl groups is 1. The van der Waals surface area contributed by atoms with E-state index in [0.29, 0.717) is 13.2 Å². The summed E-state index contributed by atoms with van der Waals surface area (Å²) in [5.74, 6) is 1.08. The van der Waals surface area contributed by atoms with Crippen LogP contribution in [-0.2, 0) is 4.74 Å². The Bertz CT molecular complexity index is 82.8. The van der Waals surface area contributed by atoms with E-state index in [1.165, 1.54) is 0 Å². The molecule has 0 aromatic heterocycles. The highest BCUT2D eigenvalue weighted by molar-refractivity contribution is 7.98. The molecule has 0 aromatic rings. The predicted octanol–water partition coefficient (Wildman–Crippen LogP) is -0.0537. The van der Waals surface area contributed by atoms with Gasteiger partial charge in [-0.25, -0.2) is 0 Å². The normalized spacial score (nSPS) is 13.4. The summed E-state index contributed by atoms with van der Waals surface area (Å²) in [6.07, 6.45) is 1.69. The van der Waals surface area contributed by atoms with Gasteiger partial charge in [0, 0.05) is 26.0 Å². The molecular weight excluding hydrogens is 162 g/mol. The Morgan fingerprint density at radius 2 is 2.36 bits per heavy atom. The van der Waals surface area contributed by atoms with E-state index in [0.717, 1.165) is 12.3 Å². The van der Waals surface area contributed by atoms with Gasteiger partial charge in [0.1, 0.15) is 0 Å². The van der Waals surface area contributed by atoms with Crippen molar-refractivity contribution in [3.05, 3.63) is 0 Å². The number of nitrogens with one attached hydrogen (secondary N) is 1. The first kappa shape index (κ1) is 11.2. The van der Waals surface area contributed by atoms with Crippen molar-refractivity contribution >= 4 is 11.8 Å². The number of rotatable bonds is 7. The smallest absolute Gasteiger partial charge is 0.0897 e. The Kier molecular flexibility index (Phi) is 8.50. The highest BCUT2D eigenvalue weighted by atomic mass is 32.2. The Balaban J connectivity index is 2.97. The van der Waals surface area contributed by atoms with Gasteiger partial charge in [-0.2, -0.15) is 11.8 Å². The molecule has 11 heavy (non-hydrogen) atoms. The maximum Gasteiger partial charge on any atom is 0.0897 e. The Morgan fingerprint density at radius 1 is 1.64 bits per heavy atom. The zero-order chi connectivity index (χ0) is 8.53. The van der Waals surface area contributed by atoms with Crippen LogP contribution in [0.2, 0.25) is 0 Å². The van der Waals surface area contributed by atoms with Crippen molar-refractivity contribution in [3.8, 4) is 0 Å². The van der Waals surface area contributed by atoms with Crippen molar-refractivity contribution in [2.75, 3.05) is 38.8 Å². The van der Waals surface area contributed by atoms with Crippen LogP contribution in [0.1, 0.15) is 0 Å². The molecule has 4 heteroatoms. The van der Waals surface area contributed by atoms with Crippen molar-refractivity contribution in [3.63, 3.8) is 0 Å². The summed E-state index contributed by atoms with van der Waals surface area (Å²) in [5, 5.41) is 12.3. The first-order valence-electron chi connectivity index (χ1n) is 3.68. The number of thioether (sulfide) groups is 1. The molecule has 0 fully saturated rings. The molecule has 0 spiro atoms. The SMILES string of the molecule is COCC(O)CNCCSC. The molecule has 0 radical (unpaired) electrons. The summed E-state index contributed by atoms with van der Waals surface area (Å²) >= 11 is 1.79. The molecule has 0 aliphatic carbocycles. The van der Waals surface area contributed by atoms with Gasteiger partial charge >= 0.3 is 0 Å². The molecule has 0 bridgehead atoms. The molecule has 68 valence electrons. The molecule has 0 aliphatic rings. The summed E-state index contributed by atoms with van der Waals surface area (Å²) in [6, 6.07) is 0. The molecule has 0 aromatic carbocycles. The fourth-order valence-corrected chi connectivity index (χ4v) is 1.04. The van der Waals surface area contributed by atoms with Crippen molar-refractivity contribution < 1.29 is 9.84 Å². The third-order valence-electron chi connectivity index (χ3n) is 1.22. The topological polar surface area (TPSA) is 41.5 Å². The predicted molar refractivity (Wildman–Crippen MR) is 49.1 cm³/mol. The molecule has 1 atom stereocenters. The van der Waals surface area contributed by atoms with Crippen molar-refractivity contribution in [2.24, 2.45) is 0 Å². The highest BCUT2D eigenvalue weighted by Gasteiger charge is 2.00. The number of hydrogen-bond acceptors (Lipinski definition) is 4. The van der Waals surface area contributed by atoms with Crippen LogP contribution >= 0.6 is 11.8 Å². The third-order valence-corrected chi connectivity index (χ3v) is 1.83. The standard InChI is InChI=1S/C7H17NO2S/c1-10-6-7(9)5-8-3-4-11-2/h7-9H,3-6H2,1-2H3. The van der Waals surface area contributed by atoms with Gasteiger partial charge in [0.05, 0.1) is 12.7 Å². The Labute approximate surface area is 72.5 Å². The van der Waals surface area contributed by atoms with Gasteiger partial charge in [-0.15, -0.1) is 0 Å². The van der Waals surface area contributed by atoms with Crippen molar-refractivity contribution in [1.29, 1.82) is 0 Å². The van der Waals surface area contributed by atoms with Crippen LogP contribution in [-0.4, -0.2) is 50.0 Å². The van der Waals surface area contributed by atoms with Gasteiger partial charge < -0.3 is 15.2 Å². The summed E-state index contributed by atoms with van der Waals surface area (Å²) < 4.78 is 4.77. The maximum atomic E-state index is 9.15. The van der Waals surface area contributed by atoms with E-state index in [-0.39, 0.29) is 6.10 Å². The molecule has 0 rings (SSSR count). The van der Waals surface area contributed by atoms with E-state index in [1.54, 1.807) is 18.9 Å². The Hall–Kier alpha value is 0.230. The van der Waals surface area contributed by atoms with Crippen molar-refractivity contribution in [2.45, 2.75) is 6.10 Å². The minimum Gasteiger partial charge on any atom is -0.389 e. The average Bonchev–Trinajstić information content (AvgIpc) is 1.99. The molecule has 0 aliphatic heterocycles. The van der Waals surface area contributed by atoms with Crippen LogP contribution in [0.15, 0.2) is 0 Å². The number of hydrogen-bond donors (Lipinski definition) is 2. The van der Waals surface area contributed by atoms with Gasteiger partial charge in [-0.1, -0.05) is 0 Å². The van der Waals surface area contributed by atoms with Crippen LogP contribution in [0.5, 0.6) is 0 Å². The van der Waals surface area contributed by atoms with E-state index in [9.17, 15) is 0 Å². The largest absolute Gasteiger partial charge is 0.389 e. The lowest BCUT2D eigenvalue weighted by molar-refractivity contribution is 0.0650.